The minimum absolute atomic E-state index is 0. The van der Waals surface area contributed by atoms with Crippen molar-refractivity contribution in [3.05, 3.63) is 0 Å². The van der Waals surface area contributed by atoms with E-state index in [0.717, 1.165) is 0 Å². The van der Waals surface area contributed by atoms with Crippen LogP contribution in [0.15, 0.2) is 0 Å². The van der Waals surface area contributed by atoms with E-state index in [4.69, 9.17) is 0 Å². The molecule has 0 heterocycles. The number of hydrogen-bond donors (Lipinski definition) is 0. The molecular weight excluding hydrogens is 407 g/mol. The first-order valence-corrected chi connectivity index (χ1v) is 0. The van der Waals surface area contributed by atoms with Crippen LogP contribution >= 0.6 is 0 Å². The van der Waals surface area contributed by atoms with Gasteiger partial charge in [-0.15, -0.1) is 0 Å². The molecule has 0 spiro atoms. The van der Waals surface area contributed by atoms with Crippen LogP contribution in [-0.2, 0) is 49.1 Å². The van der Waals surface area contributed by atoms with E-state index >= 15 is 0 Å². The van der Waals surface area contributed by atoms with Crippen LogP contribution in [-0.4, -0.2) is 0 Å². The summed E-state index contributed by atoms with van der Waals surface area (Å²) in [5, 5.41) is 0. The first kappa shape index (κ1) is 118. The second-order valence-corrected chi connectivity index (χ2v) is 0. The summed E-state index contributed by atoms with van der Waals surface area (Å²) in [6.07, 6.45) is 0. The van der Waals surface area contributed by atoms with Crippen LogP contribution in [0.1, 0.15) is 0 Å². The van der Waals surface area contributed by atoms with Crippen LogP contribution < -0.4 is 0 Å². The van der Waals surface area contributed by atoms with Gasteiger partial charge in [-0.05, 0) is 0 Å². The Morgan fingerprint density at radius 2 is 0.500 bits per heavy atom. The summed E-state index contributed by atoms with van der Waals surface area (Å²) < 4.78 is 0. The van der Waals surface area contributed by atoms with Crippen LogP contribution in [0.5, 0.6) is 0 Å². The molecule has 0 bridgehead atoms. The number of rotatable bonds is 0. The Balaban J connectivity index is 0. The minimum Gasteiger partial charge on any atom is -2.00 e. The third-order valence-corrected chi connectivity index (χ3v) is 0. The van der Waals surface area contributed by atoms with Crippen molar-refractivity contribution < 1.29 is 126 Å². The van der Waals surface area contributed by atoms with Crippen LogP contribution in [0.25, 0.3) is 0 Å². The van der Waals surface area contributed by atoms with Crippen molar-refractivity contribution in [2.45, 2.75) is 0 Å². The van der Waals surface area contributed by atoms with Gasteiger partial charge in [0.15, 0.2) is 0 Å². The van der Waals surface area contributed by atoms with Gasteiger partial charge in [-0.2, -0.15) is 0 Å². The van der Waals surface area contributed by atoms with Gasteiger partial charge in [0.25, 0.3) is 0 Å². The molecule has 0 rings (SSSR count). The Hall–Kier alpha value is 3.09. The first-order valence-electron chi connectivity index (χ1n) is 0. The fourth-order valence-corrected chi connectivity index (χ4v) is 0. The largest absolute Gasteiger partial charge is 4.00 e. The molecule has 8 heavy (non-hydrogen) atoms. The molecule has 0 unspecified atom stereocenters. The summed E-state index contributed by atoms with van der Waals surface area (Å²) in [4.78, 5) is 0. The fourth-order valence-electron chi connectivity index (χ4n) is 0. The summed E-state index contributed by atoms with van der Waals surface area (Å²) in [5.74, 6) is 0. The average molecular weight is 407 g/mol. The van der Waals surface area contributed by atoms with Crippen LogP contribution in [0.3, 0.4) is 0 Å². The van der Waals surface area contributed by atoms with Crippen LogP contribution in [0.4, 0.5) is 0 Å². The van der Waals surface area contributed by atoms with E-state index in [2.05, 4.69) is 0 Å². The normalized spacial score (nSPS) is 0. The van der Waals surface area contributed by atoms with Gasteiger partial charge in [0.05, 0.1) is 0 Å². The van der Waals surface area contributed by atoms with E-state index < -0.39 is 0 Å². The molecule has 0 aliphatic carbocycles. The van der Waals surface area contributed by atoms with Gasteiger partial charge in [0.2, 0.25) is 0 Å². The summed E-state index contributed by atoms with van der Waals surface area (Å²) >= 11 is 0. The first-order chi connectivity index (χ1) is 0. The molecule has 0 amide bonds. The molecule has 5 nitrogen and oxygen atoms in total. The molecular formula is CeLaO5Ti. The van der Waals surface area contributed by atoms with E-state index in [1.807, 2.05) is 0 Å². The van der Waals surface area contributed by atoms with E-state index in [9.17, 15) is 0 Å². The van der Waals surface area contributed by atoms with Crippen molar-refractivity contribution >= 4 is 0 Å². The maximum absolute atomic E-state index is 0. The molecule has 0 fully saturated rings. The van der Waals surface area contributed by atoms with E-state index in [0.29, 0.717) is 0 Å². The molecule has 0 aliphatic rings. The molecule has 1 radical (unpaired) electrons. The molecule has 0 aromatic carbocycles. The smallest absolute Gasteiger partial charge is 2.00 e. The quantitative estimate of drug-likeness (QED) is 0.473. The molecule has 0 aromatic rings. The van der Waals surface area contributed by atoms with E-state index in [-0.39, 0.29) is 126 Å². The van der Waals surface area contributed by atoms with Gasteiger partial charge in [0, 0.05) is 0 Å². The summed E-state index contributed by atoms with van der Waals surface area (Å²) in [7, 11) is 0. The maximum atomic E-state index is 0. The van der Waals surface area contributed by atoms with Gasteiger partial charge in [-0.25, -0.2) is 0 Å². The van der Waals surface area contributed by atoms with Gasteiger partial charge in [-0.3, -0.25) is 0 Å². The van der Waals surface area contributed by atoms with Crippen molar-refractivity contribution in [2.24, 2.45) is 0 Å². The Labute approximate surface area is 124 Å². The van der Waals surface area contributed by atoms with Crippen molar-refractivity contribution in [1.82, 2.24) is 0 Å². The second kappa shape index (κ2) is 87.4. The molecule has 0 aliphatic heterocycles. The topological polar surface area (TPSA) is 142 Å². The zero-order valence-electron chi connectivity index (χ0n) is 3.62. The van der Waals surface area contributed by atoms with E-state index in [1.54, 1.807) is 0 Å². The van der Waals surface area contributed by atoms with Gasteiger partial charge < -0.3 is 27.4 Å². The van der Waals surface area contributed by atoms with Gasteiger partial charge in [0.1, 0.15) is 0 Å². The standard InChI is InChI=1S/Ce.La.5O.Ti/q2*+3;5*-2;+4. The molecule has 41 valence electrons. The Morgan fingerprint density at radius 1 is 0.500 bits per heavy atom. The molecule has 0 aromatic heterocycles. The van der Waals surface area contributed by atoms with Crippen molar-refractivity contribution in [3.8, 4) is 0 Å². The minimum atomic E-state index is 0. The van der Waals surface area contributed by atoms with E-state index in [1.165, 1.54) is 0 Å². The monoisotopic (exact) mass is 407 g/mol. The zero-order valence-corrected chi connectivity index (χ0v) is 11.9. The Kier molecular flexibility index (Phi) is 1290. The molecule has 0 atom stereocenters. The summed E-state index contributed by atoms with van der Waals surface area (Å²) in [6, 6.07) is 0. The second-order valence-electron chi connectivity index (χ2n) is 0. The van der Waals surface area contributed by atoms with Crippen LogP contribution in [0.2, 0.25) is 0 Å². The van der Waals surface area contributed by atoms with Crippen molar-refractivity contribution in [1.29, 1.82) is 0 Å². The van der Waals surface area contributed by atoms with Crippen molar-refractivity contribution in [2.75, 3.05) is 0 Å². The third-order valence-electron chi connectivity index (χ3n) is 0. The fraction of sp³-hybridized carbons (Fsp3) is 0. The maximum Gasteiger partial charge on any atom is 4.00 e. The van der Waals surface area contributed by atoms with Gasteiger partial charge in [-0.1, -0.05) is 0 Å². The van der Waals surface area contributed by atoms with Gasteiger partial charge >= 0.3 is 99.1 Å². The average Bonchev–Trinajstić information content (AvgIpc) is 0. The number of hydrogen-bond acceptors (Lipinski definition) is 0. The van der Waals surface area contributed by atoms with Crippen LogP contribution in [0, 0.1) is 77.3 Å². The summed E-state index contributed by atoms with van der Waals surface area (Å²) in [5.41, 5.74) is 0. The predicted molar refractivity (Wildman–Crippen MR) is 3.43 cm³/mol. The molecule has 0 N–H and O–H groups in total. The summed E-state index contributed by atoms with van der Waals surface area (Å²) in [6.45, 7) is 0. The third kappa shape index (κ3) is 62.4. The zero-order chi connectivity index (χ0) is 0. The Bertz CT molecular complexity index is 12.4. The molecule has 8 heteroatoms. The molecule has 0 saturated carbocycles. The van der Waals surface area contributed by atoms with Crippen molar-refractivity contribution in [3.63, 3.8) is 0 Å². The molecule has 0 saturated heterocycles. The predicted octanol–water partition coefficient (Wildman–Crippen LogP) is -0.596. The SMILES string of the molecule is [Ce+3].[La+3].[O-2].[O-2].[O-2].[O-2].[O-2].[Ti+4]. The Morgan fingerprint density at radius 3 is 0.500 bits per heavy atom.